The Morgan fingerprint density at radius 3 is 1.97 bits per heavy atom. The van der Waals surface area contributed by atoms with Gasteiger partial charge >= 0.3 is 11.9 Å². The highest BCUT2D eigenvalue weighted by Gasteiger charge is 2.65. The average Bonchev–Trinajstić information content (AvgIpc) is 3.62. The molecule has 4 nitrogen and oxygen atoms in total. The minimum atomic E-state index is -0.268. The third-order valence-corrected chi connectivity index (χ3v) is 12.9. The van der Waals surface area contributed by atoms with Crippen molar-refractivity contribution in [3.8, 4) is 0 Å². The summed E-state index contributed by atoms with van der Waals surface area (Å²) in [5, 5.41) is 0. The number of methoxy groups -OCH3 is 1. The maximum atomic E-state index is 13.5. The van der Waals surface area contributed by atoms with Gasteiger partial charge in [0.2, 0.25) is 0 Å². The molecular weight excluding hydrogens is 448 g/mol. The summed E-state index contributed by atoms with van der Waals surface area (Å²) in [6.07, 6.45) is 16.1. The Hall–Kier alpha value is -1.06. The van der Waals surface area contributed by atoms with Crippen LogP contribution in [0.5, 0.6) is 0 Å². The molecule has 0 aromatic rings. The molecule has 8 atom stereocenters. The van der Waals surface area contributed by atoms with Crippen LogP contribution in [0.15, 0.2) is 0 Å². The van der Waals surface area contributed by atoms with Crippen LogP contribution in [0.3, 0.4) is 0 Å². The van der Waals surface area contributed by atoms with E-state index in [4.69, 9.17) is 4.74 Å². The standard InChI is InChI=1S/C26H38O2.C6H12O2/c1-25(2,26-11-14-5-15(12-26)7-16(6-14)13-26)28-24(27)21-10-19-9-20(21)23-18-4-3-17(8-18)22(19)23;1-4-5(2)6(7)8-3/h14-23H,3-13H2,1-2H3;5H,4H2,1-3H3. The number of ether oxygens (including phenoxy) is 2. The molecule has 202 valence electrons. The van der Waals surface area contributed by atoms with E-state index in [0.717, 1.165) is 60.2 Å². The summed E-state index contributed by atoms with van der Waals surface area (Å²) in [4.78, 5) is 24.0. The van der Waals surface area contributed by atoms with Crippen LogP contribution in [0.4, 0.5) is 0 Å². The third-order valence-electron chi connectivity index (χ3n) is 12.9. The molecule has 0 saturated heterocycles. The predicted octanol–water partition coefficient (Wildman–Crippen LogP) is 7.05. The molecule has 8 aliphatic rings. The maximum Gasteiger partial charge on any atom is 0.309 e. The Kier molecular flexibility index (Phi) is 6.31. The molecule has 8 bridgehead atoms. The molecule has 8 rings (SSSR count). The van der Waals surface area contributed by atoms with Crippen LogP contribution in [0.25, 0.3) is 0 Å². The first-order chi connectivity index (χ1) is 17.1. The number of hydrogen-bond acceptors (Lipinski definition) is 4. The second-order valence-corrected chi connectivity index (χ2v) is 15.0. The molecule has 0 radical (unpaired) electrons. The van der Waals surface area contributed by atoms with E-state index in [0.29, 0.717) is 5.92 Å². The molecule has 4 heteroatoms. The van der Waals surface area contributed by atoms with Crippen molar-refractivity contribution in [2.45, 2.75) is 110 Å². The van der Waals surface area contributed by atoms with E-state index in [1.54, 1.807) is 0 Å². The molecule has 8 fully saturated rings. The monoisotopic (exact) mass is 498 g/mol. The van der Waals surface area contributed by atoms with Crippen molar-refractivity contribution in [2.75, 3.05) is 7.11 Å². The Labute approximate surface area is 219 Å². The number of esters is 2. The first-order valence-electron chi connectivity index (χ1n) is 15.4. The Bertz CT molecular complexity index is 840. The van der Waals surface area contributed by atoms with E-state index in [2.05, 4.69) is 18.6 Å². The van der Waals surface area contributed by atoms with E-state index in [1.807, 2.05) is 13.8 Å². The third kappa shape index (κ3) is 3.89. The van der Waals surface area contributed by atoms with Gasteiger partial charge in [-0.2, -0.15) is 0 Å². The quantitative estimate of drug-likeness (QED) is 0.301. The van der Waals surface area contributed by atoms with Gasteiger partial charge in [-0.25, -0.2) is 0 Å². The van der Waals surface area contributed by atoms with Gasteiger partial charge in [-0.05, 0) is 144 Å². The van der Waals surface area contributed by atoms with Crippen LogP contribution in [0.2, 0.25) is 0 Å². The topological polar surface area (TPSA) is 52.6 Å². The smallest absolute Gasteiger partial charge is 0.309 e. The Morgan fingerprint density at radius 1 is 0.861 bits per heavy atom. The molecule has 8 aliphatic carbocycles. The van der Waals surface area contributed by atoms with Crippen LogP contribution in [0, 0.1) is 70.5 Å². The van der Waals surface area contributed by atoms with Crippen molar-refractivity contribution in [1.29, 1.82) is 0 Å². The van der Waals surface area contributed by atoms with Gasteiger partial charge < -0.3 is 9.47 Å². The predicted molar refractivity (Wildman–Crippen MR) is 140 cm³/mol. The van der Waals surface area contributed by atoms with Gasteiger partial charge in [0.15, 0.2) is 0 Å². The second kappa shape index (κ2) is 9.01. The first-order valence-corrected chi connectivity index (χ1v) is 15.4. The zero-order valence-corrected chi connectivity index (χ0v) is 23.5. The molecule has 0 spiro atoms. The van der Waals surface area contributed by atoms with E-state index in [1.165, 1.54) is 71.3 Å². The number of carbonyl (C=O) groups is 2. The lowest BCUT2D eigenvalue weighted by atomic mass is 9.46. The SMILES string of the molecule is CC(C)(OC(=O)C1CC2CC1C1C3CCC(C3)C21)C12CC3CC(CC(C3)C1)C2.CCC(C)C(=O)OC. The van der Waals surface area contributed by atoms with Crippen LogP contribution in [0.1, 0.15) is 105 Å². The molecule has 8 saturated carbocycles. The lowest BCUT2D eigenvalue weighted by Gasteiger charge is -2.61. The fraction of sp³-hybridized carbons (Fsp3) is 0.938. The van der Waals surface area contributed by atoms with E-state index >= 15 is 0 Å². The van der Waals surface area contributed by atoms with Gasteiger partial charge in [0.05, 0.1) is 18.9 Å². The zero-order valence-electron chi connectivity index (χ0n) is 23.5. The Morgan fingerprint density at radius 2 is 1.44 bits per heavy atom. The van der Waals surface area contributed by atoms with E-state index < -0.39 is 0 Å². The largest absolute Gasteiger partial charge is 0.469 e. The van der Waals surface area contributed by atoms with Gasteiger partial charge in [-0.1, -0.05) is 13.8 Å². The number of hydrogen-bond donors (Lipinski definition) is 0. The Balaban J connectivity index is 0.000000264. The lowest BCUT2D eigenvalue weighted by Crippen LogP contribution is -2.57. The summed E-state index contributed by atoms with van der Waals surface area (Å²) in [5.41, 5.74) is 0.0139. The van der Waals surface area contributed by atoms with Gasteiger partial charge in [-0.15, -0.1) is 0 Å². The van der Waals surface area contributed by atoms with Gasteiger partial charge in [0.25, 0.3) is 0 Å². The van der Waals surface area contributed by atoms with Crippen molar-refractivity contribution in [3.05, 3.63) is 0 Å². The molecule has 8 unspecified atom stereocenters. The van der Waals surface area contributed by atoms with Crippen LogP contribution < -0.4 is 0 Å². The molecular formula is C32H50O4. The minimum Gasteiger partial charge on any atom is -0.469 e. The average molecular weight is 499 g/mol. The maximum absolute atomic E-state index is 13.5. The van der Waals surface area contributed by atoms with E-state index in [9.17, 15) is 9.59 Å². The highest BCUT2D eigenvalue weighted by atomic mass is 16.6. The normalized spacial score (nSPS) is 47.8. The summed E-state index contributed by atoms with van der Waals surface area (Å²) in [5.74, 6) is 8.50. The highest BCUT2D eigenvalue weighted by molar-refractivity contribution is 5.74. The van der Waals surface area contributed by atoms with Gasteiger partial charge in [-0.3, -0.25) is 9.59 Å². The molecule has 0 N–H and O–H groups in total. The van der Waals surface area contributed by atoms with Crippen LogP contribution in [-0.2, 0) is 19.1 Å². The van der Waals surface area contributed by atoms with Gasteiger partial charge in [0, 0.05) is 5.41 Å². The zero-order chi connectivity index (χ0) is 25.4. The summed E-state index contributed by atoms with van der Waals surface area (Å²) in [6.45, 7) is 8.38. The van der Waals surface area contributed by atoms with Crippen LogP contribution >= 0.6 is 0 Å². The minimum absolute atomic E-state index is 0.0556. The summed E-state index contributed by atoms with van der Waals surface area (Å²) in [7, 11) is 1.41. The van der Waals surface area contributed by atoms with Gasteiger partial charge in [0.1, 0.15) is 5.60 Å². The van der Waals surface area contributed by atoms with Crippen molar-refractivity contribution >= 4 is 11.9 Å². The van der Waals surface area contributed by atoms with Crippen molar-refractivity contribution in [2.24, 2.45) is 70.5 Å². The second-order valence-electron chi connectivity index (χ2n) is 15.0. The molecule has 0 aromatic heterocycles. The molecule has 0 aromatic carbocycles. The van der Waals surface area contributed by atoms with Crippen molar-refractivity contribution in [1.82, 2.24) is 0 Å². The summed E-state index contributed by atoms with van der Waals surface area (Å²) < 4.78 is 11.0. The molecule has 36 heavy (non-hydrogen) atoms. The fourth-order valence-corrected chi connectivity index (χ4v) is 11.5. The highest BCUT2D eigenvalue weighted by Crippen LogP contribution is 2.69. The number of fused-ring (bicyclic) bond motifs is 9. The van der Waals surface area contributed by atoms with Crippen molar-refractivity contribution < 1.29 is 19.1 Å². The summed E-state index contributed by atoms with van der Waals surface area (Å²) >= 11 is 0. The number of rotatable bonds is 5. The molecule has 0 amide bonds. The lowest BCUT2D eigenvalue weighted by molar-refractivity contribution is -0.204. The van der Waals surface area contributed by atoms with Crippen molar-refractivity contribution in [3.63, 3.8) is 0 Å². The first kappa shape index (κ1) is 25.2. The van der Waals surface area contributed by atoms with Crippen LogP contribution in [-0.4, -0.2) is 24.6 Å². The molecule has 0 heterocycles. The molecule has 0 aliphatic heterocycles. The fourth-order valence-electron chi connectivity index (χ4n) is 11.5. The van der Waals surface area contributed by atoms with E-state index in [-0.39, 0.29) is 34.8 Å². The summed E-state index contributed by atoms with van der Waals surface area (Å²) in [6, 6.07) is 0. The number of carbonyl (C=O) groups excluding carboxylic acids is 2.